The van der Waals surface area contributed by atoms with E-state index in [9.17, 15) is 14.4 Å². The first-order valence-electron chi connectivity index (χ1n) is 14.0. The Bertz CT molecular complexity index is 1370. The fraction of sp³-hybridized carbons (Fsp3) is 0.500. The fourth-order valence-corrected chi connectivity index (χ4v) is 7.00. The highest BCUT2D eigenvalue weighted by atomic mass is 35.5. The van der Waals surface area contributed by atoms with Gasteiger partial charge in [-0.05, 0) is 53.6 Å². The van der Waals surface area contributed by atoms with Crippen LogP contribution in [0.4, 0.5) is 10.1 Å². The van der Waals surface area contributed by atoms with Crippen molar-refractivity contribution in [1.29, 1.82) is 0 Å². The van der Waals surface area contributed by atoms with Crippen LogP contribution >= 0.6 is 23.2 Å². The number of amides is 3. The Morgan fingerprint density at radius 1 is 1.20 bits per heavy atom. The number of anilines is 1. The summed E-state index contributed by atoms with van der Waals surface area (Å²) in [6.45, 7) is 9.03. The van der Waals surface area contributed by atoms with Crippen molar-refractivity contribution < 1.29 is 18.8 Å². The highest BCUT2D eigenvalue weighted by molar-refractivity contribution is 6.31. The average molecular weight is 605 g/mol. The van der Waals surface area contributed by atoms with Gasteiger partial charge in [-0.1, -0.05) is 56.1 Å². The molecule has 4 N–H and O–H groups in total. The smallest absolute Gasteiger partial charge is 0.237 e. The first-order valence-corrected chi connectivity index (χ1v) is 14.7. The van der Waals surface area contributed by atoms with Crippen LogP contribution in [0.15, 0.2) is 36.4 Å². The van der Waals surface area contributed by atoms with Gasteiger partial charge >= 0.3 is 0 Å². The summed E-state index contributed by atoms with van der Waals surface area (Å²) >= 11 is 12.5. The Hall–Kier alpha value is -2.72. The molecule has 220 valence electrons. The summed E-state index contributed by atoms with van der Waals surface area (Å²) in [6.07, 6.45) is 1.21. The van der Waals surface area contributed by atoms with Gasteiger partial charge < -0.3 is 21.3 Å². The summed E-state index contributed by atoms with van der Waals surface area (Å²) < 4.78 is 15.0. The predicted molar refractivity (Wildman–Crippen MR) is 158 cm³/mol. The van der Waals surface area contributed by atoms with E-state index >= 15 is 4.39 Å². The minimum Gasteiger partial charge on any atom is -0.355 e. The summed E-state index contributed by atoms with van der Waals surface area (Å²) in [4.78, 5) is 41.8. The third-order valence-corrected chi connectivity index (χ3v) is 8.78. The second-order valence-electron chi connectivity index (χ2n) is 12.4. The summed E-state index contributed by atoms with van der Waals surface area (Å²) in [5, 5.41) is 12.7. The van der Waals surface area contributed by atoms with E-state index in [2.05, 4.69) is 46.9 Å². The second-order valence-corrected chi connectivity index (χ2v) is 13.2. The number of benzene rings is 2. The normalized spacial score (nSPS) is 26.1. The second kappa shape index (κ2) is 11.5. The fourth-order valence-electron chi connectivity index (χ4n) is 6.64. The number of carbonyl (C=O) groups is 3. The summed E-state index contributed by atoms with van der Waals surface area (Å²) in [5.74, 6) is -1.86. The van der Waals surface area contributed by atoms with Gasteiger partial charge in [0, 0.05) is 48.8 Å². The maximum absolute atomic E-state index is 15.0. The molecule has 2 aromatic rings. The highest BCUT2D eigenvalue weighted by Gasteiger charge is 2.65. The molecule has 3 aliphatic rings. The largest absolute Gasteiger partial charge is 0.355 e. The van der Waals surface area contributed by atoms with Crippen molar-refractivity contribution in [2.75, 3.05) is 38.0 Å². The van der Waals surface area contributed by atoms with E-state index in [1.165, 1.54) is 12.1 Å². The maximum atomic E-state index is 15.0. The molecule has 3 heterocycles. The lowest BCUT2D eigenvalue weighted by molar-refractivity contribution is -0.125. The van der Waals surface area contributed by atoms with E-state index in [1.54, 1.807) is 18.2 Å². The van der Waals surface area contributed by atoms with Crippen molar-refractivity contribution in [3.05, 3.63) is 63.4 Å². The predicted octanol–water partition coefficient (Wildman–Crippen LogP) is 3.82. The molecule has 0 bridgehead atoms. The molecule has 5 rings (SSSR count). The lowest BCUT2D eigenvalue weighted by Gasteiger charge is -2.37. The van der Waals surface area contributed by atoms with Gasteiger partial charge in [-0.2, -0.15) is 0 Å². The van der Waals surface area contributed by atoms with Gasteiger partial charge in [0.2, 0.25) is 17.7 Å². The van der Waals surface area contributed by atoms with Gasteiger partial charge in [0.05, 0.1) is 17.6 Å². The monoisotopic (exact) mass is 603 g/mol. The Labute approximate surface area is 249 Å². The molecule has 3 amide bonds. The molecule has 8 nitrogen and oxygen atoms in total. The molecular formula is C30H36Cl2FN5O3. The zero-order valence-electron chi connectivity index (χ0n) is 23.5. The molecule has 0 aliphatic carbocycles. The molecular weight excluding hydrogens is 568 g/mol. The van der Waals surface area contributed by atoms with Crippen LogP contribution in [0.1, 0.15) is 50.7 Å². The molecule has 2 aromatic carbocycles. The van der Waals surface area contributed by atoms with Gasteiger partial charge in [0.25, 0.3) is 0 Å². The van der Waals surface area contributed by atoms with Crippen LogP contribution in [-0.4, -0.2) is 67.4 Å². The molecule has 0 saturated carbocycles. The number of hydrogen-bond donors (Lipinski definition) is 4. The van der Waals surface area contributed by atoms with Crippen molar-refractivity contribution in [3.8, 4) is 0 Å². The van der Waals surface area contributed by atoms with Crippen LogP contribution in [0.25, 0.3) is 0 Å². The molecule has 4 atom stereocenters. The van der Waals surface area contributed by atoms with Crippen molar-refractivity contribution >= 4 is 46.6 Å². The van der Waals surface area contributed by atoms with Crippen molar-refractivity contribution in [1.82, 2.24) is 20.9 Å². The lowest BCUT2D eigenvalue weighted by Crippen LogP contribution is -2.49. The minimum absolute atomic E-state index is 0.00263. The third kappa shape index (κ3) is 5.82. The molecule has 3 aliphatic heterocycles. The van der Waals surface area contributed by atoms with Crippen LogP contribution in [0.2, 0.25) is 10.0 Å². The number of fused-ring (bicyclic) bond motifs is 2. The molecule has 0 radical (unpaired) electrons. The van der Waals surface area contributed by atoms with E-state index < -0.39 is 29.2 Å². The van der Waals surface area contributed by atoms with Crippen LogP contribution in [0.5, 0.6) is 0 Å². The topological polar surface area (TPSA) is 103 Å². The molecule has 2 saturated heterocycles. The quantitative estimate of drug-likeness (QED) is 0.360. The first kappa shape index (κ1) is 29.8. The van der Waals surface area contributed by atoms with Gasteiger partial charge in [0.1, 0.15) is 11.2 Å². The van der Waals surface area contributed by atoms with Crippen LogP contribution in [-0.2, 0) is 19.8 Å². The first-order chi connectivity index (χ1) is 19.4. The van der Waals surface area contributed by atoms with Gasteiger partial charge in [-0.15, -0.1) is 0 Å². The van der Waals surface area contributed by atoms with E-state index in [1.807, 2.05) is 6.07 Å². The number of nitrogens with one attached hydrogen (secondary N) is 4. The Morgan fingerprint density at radius 2 is 1.98 bits per heavy atom. The summed E-state index contributed by atoms with van der Waals surface area (Å²) in [7, 11) is 0. The maximum Gasteiger partial charge on any atom is 0.237 e. The number of hydrogen-bond acceptors (Lipinski definition) is 5. The van der Waals surface area contributed by atoms with Crippen LogP contribution in [0.3, 0.4) is 0 Å². The number of carbonyl (C=O) groups excluding carboxylic acids is 3. The zero-order valence-corrected chi connectivity index (χ0v) is 25.0. The standard InChI is InChI=1S/C30H36Cl2FN5O3/c1-29(2,3)15-23-30(19-13-21(33)20(32)14-22(19)36-28(30)41)25(17-6-4-7-18(31)12-17)26(37-23)27(40)35-8-5-10-38-11-9-34-24(39)16-38/h4,6-7,12-14,23,25-26,37H,5,8-11,15-16H2,1-3H3,(H,34,39)(H,35,40)(H,36,41)/t23-,25+,26?,30+/m1/s1. The van der Waals surface area contributed by atoms with E-state index in [0.29, 0.717) is 60.9 Å². The Kier molecular flexibility index (Phi) is 8.36. The molecule has 1 unspecified atom stereocenters. The van der Waals surface area contributed by atoms with Gasteiger partial charge in [-0.25, -0.2) is 4.39 Å². The molecule has 0 aromatic heterocycles. The van der Waals surface area contributed by atoms with E-state index in [0.717, 1.165) is 6.54 Å². The lowest BCUT2D eigenvalue weighted by atomic mass is 9.62. The summed E-state index contributed by atoms with van der Waals surface area (Å²) in [6, 6.07) is 8.66. The van der Waals surface area contributed by atoms with Crippen molar-refractivity contribution in [2.45, 2.75) is 57.0 Å². The number of halogens is 3. The average Bonchev–Trinajstić information content (AvgIpc) is 3.36. The van der Waals surface area contributed by atoms with E-state index in [-0.39, 0.29) is 28.2 Å². The van der Waals surface area contributed by atoms with Crippen LogP contribution in [0, 0.1) is 11.2 Å². The number of piperazine rings is 1. The highest BCUT2D eigenvalue weighted by Crippen LogP contribution is 2.57. The minimum atomic E-state index is -1.29. The molecule has 11 heteroatoms. The van der Waals surface area contributed by atoms with E-state index in [4.69, 9.17) is 23.2 Å². The number of nitrogens with zero attached hydrogens (tertiary/aromatic N) is 1. The van der Waals surface area contributed by atoms with Crippen LogP contribution < -0.4 is 21.3 Å². The third-order valence-electron chi connectivity index (χ3n) is 8.26. The van der Waals surface area contributed by atoms with Gasteiger partial charge in [0.15, 0.2) is 0 Å². The van der Waals surface area contributed by atoms with Crippen molar-refractivity contribution in [3.63, 3.8) is 0 Å². The summed E-state index contributed by atoms with van der Waals surface area (Å²) in [5.41, 5.74) is 0.126. The SMILES string of the molecule is CC(C)(C)C[C@H]1NC(C(=O)NCCCN2CCNC(=O)C2)[C@H](c2cccc(Cl)c2)[C@@]12C(=O)Nc1cc(Cl)c(F)cc12. The zero-order chi connectivity index (χ0) is 29.5. The Balaban J connectivity index is 1.51. The number of rotatable bonds is 7. The van der Waals surface area contributed by atoms with Crippen molar-refractivity contribution in [2.24, 2.45) is 5.41 Å². The molecule has 1 spiro atoms. The molecule has 41 heavy (non-hydrogen) atoms. The Morgan fingerprint density at radius 3 is 2.68 bits per heavy atom. The molecule has 2 fully saturated rings. The van der Waals surface area contributed by atoms with Gasteiger partial charge in [-0.3, -0.25) is 19.3 Å².